The number of benzene rings is 1. The molecule has 0 saturated carbocycles. The Bertz CT molecular complexity index is 727. The van der Waals surface area contributed by atoms with Crippen LogP contribution in [0.3, 0.4) is 0 Å². The molecule has 1 aromatic carbocycles. The van der Waals surface area contributed by atoms with Gasteiger partial charge in [-0.15, -0.1) is 0 Å². The van der Waals surface area contributed by atoms with Crippen molar-refractivity contribution in [3.63, 3.8) is 0 Å². The molecule has 2 amide bonds. The lowest BCUT2D eigenvalue weighted by Gasteiger charge is -2.24. The van der Waals surface area contributed by atoms with Crippen LogP contribution in [0.15, 0.2) is 42.6 Å². The molecule has 6 heteroatoms. The van der Waals surface area contributed by atoms with Gasteiger partial charge in [-0.05, 0) is 30.7 Å². The summed E-state index contributed by atoms with van der Waals surface area (Å²) < 4.78 is 5.05. The van der Waals surface area contributed by atoms with Gasteiger partial charge in [0, 0.05) is 49.9 Å². The van der Waals surface area contributed by atoms with Crippen molar-refractivity contribution in [2.45, 2.75) is 19.4 Å². The number of amides is 2. The predicted octanol–water partition coefficient (Wildman–Crippen LogP) is 2.35. The Morgan fingerprint density at radius 2 is 1.80 bits per heavy atom. The van der Waals surface area contributed by atoms with Gasteiger partial charge >= 0.3 is 0 Å². The molecule has 0 unspecified atom stereocenters. The monoisotopic (exact) mass is 341 g/mol. The van der Waals surface area contributed by atoms with Gasteiger partial charge in [-0.1, -0.05) is 12.1 Å². The van der Waals surface area contributed by atoms with Gasteiger partial charge in [0.1, 0.15) is 0 Å². The molecule has 0 aliphatic heterocycles. The number of carbonyl (C=O) groups excluding carboxylic acids is 2. The molecule has 132 valence electrons. The SMILES string of the molecule is CNC(=O)C[C@@H](C)N(C)C(=O)c1ccc(-c2ccc(OC)nc2)cc1. The second-order valence-electron chi connectivity index (χ2n) is 5.81. The van der Waals surface area contributed by atoms with E-state index in [9.17, 15) is 9.59 Å². The van der Waals surface area contributed by atoms with E-state index in [-0.39, 0.29) is 24.3 Å². The maximum atomic E-state index is 12.6. The summed E-state index contributed by atoms with van der Waals surface area (Å²) in [6.45, 7) is 1.85. The van der Waals surface area contributed by atoms with Crippen LogP contribution in [0.4, 0.5) is 0 Å². The summed E-state index contributed by atoms with van der Waals surface area (Å²) in [6.07, 6.45) is 2.00. The van der Waals surface area contributed by atoms with Crippen molar-refractivity contribution in [2.24, 2.45) is 0 Å². The topological polar surface area (TPSA) is 71.5 Å². The highest BCUT2D eigenvalue weighted by Gasteiger charge is 2.19. The minimum atomic E-state index is -0.182. The summed E-state index contributed by atoms with van der Waals surface area (Å²) >= 11 is 0. The van der Waals surface area contributed by atoms with Gasteiger partial charge in [-0.25, -0.2) is 4.98 Å². The van der Waals surface area contributed by atoms with E-state index in [1.165, 1.54) is 0 Å². The lowest BCUT2D eigenvalue weighted by molar-refractivity contribution is -0.121. The fourth-order valence-corrected chi connectivity index (χ4v) is 2.39. The summed E-state index contributed by atoms with van der Waals surface area (Å²) in [5.74, 6) is 0.354. The third-order valence-corrected chi connectivity index (χ3v) is 4.15. The van der Waals surface area contributed by atoms with Crippen molar-refractivity contribution >= 4 is 11.8 Å². The van der Waals surface area contributed by atoms with Crippen LogP contribution in [0.5, 0.6) is 5.88 Å². The van der Waals surface area contributed by atoms with Gasteiger partial charge < -0.3 is 15.0 Å². The Morgan fingerprint density at radius 1 is 1.16 bits per heavy atom. The number of hydrogen-bond donors (Lipinski definition) is 1. The smallest absolute Gasteiger partial charge is 0.253 e. The number of nitrogens with one attached hydrogen (secondary N) is 1. The summed E-state index contributed by atoms with van der Waals surface area (Å²) in [5.41, 5.74) is 2.49. The number of rotatable bonds is 6. The van der Waals surface area contributed by atoms with E-state index < -0.39 is 0 Å². The Morgan fingerprint density at radius 3 is 2.32 bits per heavy atom. The summed E-state index contributed by atoms with van der Waals surface area (Å²) in [6, 6.07) is 10.9. The Kier molecular flexibility index (Phi) is 6.11. The van der Waals surface area contributed by atoms with Crippen LogP contribution in [-0.4, -0.2) is 48.9 Å². The van der Waals surface area contributed by atoms with Crippen molar-refractivity contribution < 1.29 is 14.3 Å². The minimum Gasteiger partial charge on any atom is -0.481 e. The van der Waals surface area contributed by atoms with E-state index in [1.807, 2.05) is 25.1 Å². The quantitative estimate of drug-likeness (QED) is 0.875. The number of ether oxygens (including phenoxy) is 1. The number of hydrogen-bond acceptors (Lipinski definition) is 4. The fraction of sp³-hybridized carbons (Fsp3) is 0.316. The Balaban J connectivity index is 2.10. The van der Waals surface area contributed by atoms with Gasteiger partial charge in [0.05, 0.1) is 7.11 Å². The highest BCUT2D eigenvalue weighted by molar-refractivity contribution is 5.95. The lowest BCUT2D eigenvalue weighted by Crippen LogP contribution is -2.38. The molecule has 1 heterocycles. The molecular weight excluding hydrogens is 318 g/mol. The zero-order valence-electron chi connectivity index (χ0n) is 14.9. The van der Waals surface area contributed by atoms with Gasteiger partial charge in [-0.3, -0.25) is 9.59 Å². The second-order valence-corrected chi connectivity index (χ2v) is 5.81. The van der Waals surface area contributed by atoms with Crippen molar-refractivity contribution in [2.75, 3.05) is 21.2 Å². The zero-order valence-corrected chi connectivity index (χ0v) is 14.9. The van der Waals surface area contributed by atoms with Crippen LogP contribution in [0, 0.1) is 0 Å². The van der Waals surface area contributed by atoms with Crippen molar-refractivity contribution in [3.05, 3.63) is 48.2 Å². The van der Waals surface area contributed by atoms with E-state index in [0.717, 1.165) is 11.1 Å². The van der Waals surface area contributed by atoms with Crippen LogP contribution < -0.4 is 10.1 Å². The number of aromatic nitrogens is 1. The van der Waals surface area contributed by atoms with Gasteiger partial charge in [0.2, 0.25) is 11.8 Å². The summed E-state index contributed by atoms with van der Waals surface area (Å²) in [5, 5.41) is 2.57. The molecule has 1 atom stereocenters. The first-order valence-electron chi connectivity index (χ1n) is 8.04. The van der Waals surface area contributed by atoms with Crippen LogP contribution in [0.2, 0.25) is 0 Å². The average Bonchev–Trinajstić information content (AvgIpc) is 2.66. The molecule has 0 radical (unpaired) electrons. The van der Waals surface area contributed by atoms with Crippen molar-refractivity contribution in [1.82, 2.24) is 15.2 Å². The Hall–Kier alpha value is -2.89. The molecule has 6 nitrogen and oxygen atoms in total. The molecule has 0 aliphatic rings. The zero-order chi connectivity index (χ0) is 18.4. The molecular formula is C19H23N3O3. The summed E-state index contributed by atoms with van der Waals surface area (Å²) in [4.78, 5) is 29.8. The largest absolute Gasteiger partial charge is 0.481 e. The van der Waals surface area contributed by atoms with Crippen LogP contribution in [0.25, 0.3) is 11.1 Å². The Labute approximate surface area is 147 Å². The molecule has 25 heavy (non-hydrogen) atoms. The number of pyridine rings is 1. The molecule has 1 N–H and O–H groups in total. The van der Waals surface area contributed by atoms with Crippen LogP contribution >= 0.6 is 0 Å². The molecule has 2 aromatic rings. The number of carbonyl (C=O) groups is 2. The van der Waals surface area contributed by atoms with Crippen molar-refractivity contribution in [3.8, 4) is 17.0 Å². The van der Waals surface area contributed by atoms with E-state index >= 15 is 0 Å². The first-order valence-corrected chi connectivity index (χ1v) is 8.04. The van der Waals surface area contributed by atoms with E-state index in [2.05, 4.69) is 10.3 Å². The predicted molar refractivity (Wildman–Crippen MR) is 96.5 cm³/mol. The molecule has 1 aromatic heterocycles. The third kappa shape index (κ3) is 4.56. The molecule has 0 saturated heterocycles. The molecule has 0 aliphatic carbocycles. The van der Waals surface area contributed by atoms with Gasteiger partial charge in [0.25, 0.3) is 5.91 Å². The first-order chi connectivity index (χ1) is 12.0. The van der Waals surface area contributed by atoms with E-state index in [4.69, 9.17) is 4.74 Å². The highest BCUT2D eigenvalue weighted by Crippen LogP contribution is 2.21. The third-order valence-electron chi connectivity index (χ3n) is 4.15. The standard InChI is InChI=1S/C19H23N3O3/c1-13(11-17(23)20-2)22(3)19(24)15-7-5-14(6-8-15)16-9-10-18(25-4)21-12-16/h5-10,12-13H,11H2,1-4H3,(H,20,23)/t13-/m1/s1. The van der Waals surface area contributed by atoms with Crippen LogP contribution in [-0.2, 0) is 4.79 Å². The van der Waals surface area contributed by atoms with Gasteiger partial charge in [0.15, 0.2) is 0 Å². The lowest BCUT2D eigenvalue weighted by atomic mass is 10.0. The normalized spacial score (nSPS) is 11.5. The van der Waals surface area contributed by atoms with Gasteiger partial charge in [-0.2, -0.15) is 0 Å². The molecule has 0 spiro atoms. The van der Waals surface area contributed by atoms with E-state index in [1.54, 1.807) is 50.5 Å². The molecule has 0 bridgehead atoms. The maximum absolute atomic E-state index is 12.6. The second kappa shape index (κ2) is 8.28. The van der Waals surface area contributed by atoms with Crippen LogP contribution in [0.1, 0.15) is 23.7 Å². The average molecular weight is 341 g/mol. The van der Waals surface area contributed by atoms with E-state index in [0.29, 0.717) is 11.4 Å². The minimum absolute atomic E-state index is 0.0884. The first kappa shape index (κ1) is 18.4. The molecule has 0 fully saturated rings. The summed E-state index contributed by atoms with van der Waals surface area (Å²) in [7, 11) is 4.87. The molecule has 2 rings (SSSR count). The van der Waals surface area contributed by atoms with Crippen molar-refractivity contribution in [1.29, 1.82) is 0 Å². The highest BCUT2D eigenvalue weighted by atomic mass is 16.5. The number of methoxy groups -OCH3 is 1. The maximum Gasteiger partial charge on any atom is 0.253 e. The number of nitrogens with zero attached hydrogens (tertiary/aromatic N) is 2. The fourth-order valence-electron chi connectivity index (χ4n) is 2.39.